The summed E-state index contributed by atoms with van der Waals surface area (Å²) in [6, 6.07) is 7.92. The third kappa shape index (κ3) is 4.31. The highest BCUT2D eigenvalue weighted by Gasteiger charge is 2.21. The van der Waals surface area contributed by atoms with Crippen LogP contribution in [0.1, 0.15) is 18.4 Å². The molecule has 0 radical (unpaired) electrons. The number of rotatable bonds is 4. The van der Waals surface area contributed by atoms with Crippen LogP contribution in [0.3, 0.4) is 0 Å². The zero-order valence-corrected chi connectivity index (χ0v) is 18.6. The highest BCUT2D eigenvalue weighted by atomic mass is 35.5. The topological polar surface area (TPSA) is 69.3 Å². The summed E-state index contributed by atoms with van der Waals surface area (Å²) in [5.41, 5.74) is 3.34. The van der Waals surface area contributed by atoms with Gasteiger partial charge in [-0.1, -0.05) is 23.8 Å². The molecular formula is C25H26ClN3O3. The summed E-state index contributed by atoms with van der Waals surface area (Å²) < 4.78 is 5.74. The van der Waals surface area contributed by atoms with Gasteiger partial charge in [0.2, 0.25) is 0 Å². The van der Waals surface area contributed by atoms with Crippen molar-refractivity contribution in [3.63, 3.8) is 0 Å². The van der Waals surface area contributed by atoms with Crippen molar-refractivity contribution in [2.24, 2.45) is 10.9 Å². The van der Waals surface area contributed by atoms with E-state index in [4.69, 9.17) is 26.1 Å². The van der Waals surface area contributed by atoms with Crippen LogP contribution in [0.4, 0.5) is 5.69 Å². The largest absolute Gasteiger partial charge is 0.422 e. The lowest BCUT2D eigenvalue weighted by Gasteiger charge is -2.35. The van der Waals surface area contributed by atoms with Gasteiger partial charge in [0, 0.05) is 66.5 Å². The average Bonchev–Trinajstić information content (AvgIpc) is 3.01. The number of aliphatic imine (C=N–C) groups is 1. The first kappa shape index (κ1) is 21.2. The fourth-order valence-corrected chi connectivity index (χ4v) is 4.79. The molecule has 1 aromatic carbocycles. The Kier molecular flexibility index (Phi) is 6.00. The van der Waals surface area contributed by atoms with Crippen molar-refractivity contribution >= 4 is 39.7 Å². The molecule has 32 heavy (non-hydrogen) atoms. The van der Waals surface area contributed by atoms with E-state index in [-0.39, 0.29) is 18.2 Å². The Morgan fingerprint density at radius 2 is 2.00 bits per heavy atom. The molecule has 3 aliphatic rings. The molecule has 2 aliphatic heterocycles. The minimum Gasteiger partial charge on any atom is -0.422 e. The molecule has 0 bridgehead atoms. The maximum absolute atomic E-state index is 12.9. The molecule has 1 saturated heterocycles. The summed E-state index contributed by atoms with van der Waals surface area (Å²) in [6.07, 6.45) is 9.54. The first-order chi connectivity index (χ1) is 15.6. The smallest absolute Gasteiger partial charge is 0.345 e. The summed E-state index contributed by atoms with van der Waals surface area (Å²) in [5.74, 6) is 0.175. The fraction of sp³-hybridized carbons (Fsp3) is 0.360. The van der Waals surface area contributed by atoms with Gasteiger partial charge in [-0.2, -0.15) is 0 Å². The molecule has 1 unspecified atom stereocenters. The van der Waals surface area contributed by atoms with Gasteiger partial charge in [-0.15, -0.1) is 0 Å². The van der Waals surface area contributed by atoms with Crippen LogP contribution in [0.5, 0.6) is 0 Å². The van der Waals surface area contributed by atoms with E-state index in [0.29, 0.717) is 23.4 Å². The van der Waals surface area contributed by atoms with Crippen molar-refractivity contribution in [2.75, 3.05) is 44.2 Å². The Hall–Kier alpha value is -2.67. The molecular weight excluding hydrogens is 426 g/mol. The Balaban J connectivity index is 1.42. The summed E-state index contributed by atoms with van der Waals surface area (Å²) >= 11 is 6.15. The molecule has 1 N–H and O–H groups in total. The molecule has 7 heteroatoms. The summed E-state index contributed by atoms with van der Waals surface area (Å²) in [7, 11) is 0. The van der Waals surface area contributed by atoms with Gasteiger partial charge >= 0.3 is 5.63 Å². The van der Waals surface area contributed by atoms with Gasteiger partial charge in [-0.25, -0.2) is 4.79 Å². The molecule has 166 valence electrons. The van der Waals surface area contributed by atoms with E-state index in [2.05, 4.69) is 15.9 Å². The minimum atomic E-state index is -0.371. The van der Waals surface area contributed by atoms with E-state index in [0.717, 1.165) is 60.8 Å². The lowest BCUT2D eigenvalue weighted by Crippen LogP contribution is -2.47. The van der Waals surface area contributed by atoms with E-state index in [9.17, 15) is 4.79 Å². The number of piperazine rings is 1. The Bertz CT molecular complexity index is 1200. The number of β-amino-alcohol motifs (C(OH)–C–C–N with tert-alkyl or cyclic N) is 1. The molecule has 1 aliphatic carbocycles. The summed E-state index contributed by atoms with van der Waals surface area (Å²) in [6.45, 7) is 4.48. The van der Waals surface area contributed by atoms with E-state index in [1.165, 1.54) is 0 Å². The highest BCUT2D eigenvalue weighted by Crippen LogP contribution is 2.30. The van der Waals surface area contributed by atoms with E-state index in [1.807, 2.05) is 42.5 Å². The quantitative estimate of drug-likeness (QED) is 0.716. The van der Waals surface area contributed by atoms with E-state index >= 15 is 0 Å². The second-order valence-corrected chi connectivity index (χ2v) is 8.85. The second kappa shape index (κ2) is 9.06. The van der Waals surface area contributed by atoms with Crippen LogP contribution in [0.25, 0.3) is 16.7 Å². The van der Waals surface area contributed by atoms with Crippen LogP contribution in [0, 0.1) is 5.92 Å². The molecule has 2 aromatic rings. The van der Waals surface area contributed by atoms with Crippen molar-refractivity contribution in [1.82, 2.24) is 4.90 Å². The number of nitrogens with zero attached hydrogens (tertiary/aromatic N) is 3. The molecule has 6 nitrogen and oxygen atoms in total. The van der Waals surface area contributed by atoms with Gasteiger partial charge in [0.05, 0.1) is 17.9 Å². The van der Waals surface area contributed by atoms with Gasteiger partial charge in [0.1, 0.15) is 5.58 Å². The number of fused-ring (bicyclic) bond motifs is 2. The number of hydrogen-bond acceptors (Lipinski definition) is 6. The monoisotopic (exact) mass is 451 g/mol. The number of hydrogen-bond donors (Lipinski definition) is 1. The zero-order valence-electron chi connectivity index (χ0n) is 17.8. The molecule has 1 fully saturated rings. The minimum absolute atomic E-state index is 0.175. The molecule has 5 rings (SSSR count). The van der Waals surface area contributed by atoms with Gasteiger partial charge in [0.25, 0.3) is 0 Å². The van der Waals surface area contributed by atoms with Gasteiger partial charge < -0.3 is 14.4 Å². The zero-order chi connectivity index (χ0) is 22.1. The summed E-state index contributed by atoms with van der Waals surface area (Å²) in [4.78, 5) is 22.2. The predicted molar refractivity (Wildman–Crippen MR) is 129 cm³/mol. The molecule has 0 saturated carbocycles. The first-order valence-corrected chi connectivity index (χ1v) is 11.5. The van der Waals surface area contributed by atoms with Crippen LogP contribution >= 0.6 is 11.6 Å². The number of aliphatic hydroxyl groups is 1. The maximum atomic E-state index is 12.9. The van der Waals surface area contributed by atoms with Gasteiger partial charge in [-0.05, 0) is 43.2 Å². The van der Waals surface area contributed by atoms with Crippen molar-refractivity contribution in [2.45, 2.75) is 12.8 Å². The lowest BCUT2D eigenvalue weighted by molar-refractivity contribution is 0.189. The second-order valence-electron chi connectivity index (χ2n) is 8.42. The Labute approximate surface area is 191 Å². The molecule has 3 heterocycles. The highest BCUT2D eigenvalue weighted by molar-refractivity contribution is 6.32. The van der Waals surface area contributed by atoms with Crippen LogP contribution in [-0.4, -0.2) is 55.0 Å². The fourth-order valence-electron chi connectivity index (χ4n) is 4.57. The van der Waals surface area contributed by atoms with Crippen LogP contribution in [0.2, 0.25) is 0 Å². The molecule has 0 spiro atoms. The van der Waals surface area contributed by atoms with Crippen LogP contribution in [-0.2, 0) is 0 Å². The molecule has 1 aromatic heterocycles. The SMILES string of the molecule is O=c1oc2cc(N3CCN(CCO)CC3)ccc2cc1C1=CCCC2C=C(Cl)C=CC2=N1. The van der Waals surface area contributed by atoms with Crippen molar-refractivity contribution in [1.29, 1.82) is 0 Å². The lowest BCUT2D eigenvalue weighted by atomic mass is 9.94. The van der Waals surface area contributed by atoms with E-state index < -0.39 is 0 Å². The van der Waals surface area contributed by atoms with Crippen LogP contribution < -0.4 is 10.5 Å². The van der Waals surface area contributed by atoms with Gasteiger partial charge in [-0.3, -0.25) is 9.89 Å². The van der Waals surface area contributed by atoms with Gasteiger partial charge in [0.15, 0.2) is 0 Å². The van der Waals surface area contributed by atoms with E-state index in [1.54, 1.807) is 0 Å². The Morgan fingerprint density at radius 1 is 1.16 bits per heavy atom. The number of aliphatic hydroxyl groups excluding tert-OH is 1. The molecule has 0 amide bonds. The number of benzene rings is 1. The Morgan fingerprint density at radius 3 is 2.81 bits per heavy atom. The predicted octanol–water partition coefficient (Wildman–Crippen LogP) is 3.79. The number of halogens is 1. The first-order valence-electron chi connectivity index (χ1n) is 11.1. The van der Waals surface area contributed by atoms with Crippen molar-refractivity contribution in [3.8, 4) is 0 Å². The average molecular weight is 452 g/mol. The standard InChI is InChI=1S/C25H26ClN3O3/c26-19-5-7-22-17(14-19)2-1-3-23(27-22)21-15-18-4-6-20(16-24(18)32-25(21)31)29-10-8-28(9-11-29)12-13-30/h3-7,14-17,30H,1-2,8-13H2. The third-order valence-corrected chi connectivity index (χ3v) is 6.62. The number of allylic oxidation sites excluding steroid dienone is 5. The van der Waals surface area contributed by atoms with Crippen molar-refractivity contribution in [3.05, 3.63) is 69.6 Å². The third-order valence-electron chi connectivity index (χ3n) is 6.37. The van der Waals surface area contributed by atoms with Crippen molar-refractivity contribution < 1.29 is 9.52 Å². The normalized spacial score (nSPS) is 21.6. The molecule has 1 atom stereocenters. The maximum Gasteiger partial charge on any atom is 0.345 e. The number of anilines is 1. The summed E-state index contributed by atoms with van der Waals surface area (Å²) in [5, 5.41) is 10.7. The van der Waals surface area contributed by atoms with Crippen LogP contribution in [0.15, 0.2) is 67.8 Å².